The fourth-order valence-electron chi connectivity index (χ4n) is 1.40. The maximum Gasteiger partial charge on any atom is 0.258 e. The molecule has 0 bridgehead atoms. The van der Waals surface area contributed by atoms with Gasteiger partial charge in [-0.15, -0.1) is 0 Å². The zero-order valence-corrected chi connectivity index (χ0v) is 10.7. The van der Waals surface area contributed by atoms with Crippen LogP contribution in [0.25, 0.3) is 0 Å². The van der Waals surface area contributed by atoms with Crippen molar-refractivity contribution >= 4 is 21.4 Å². The molecule has 2 aromatic rings. The average Bonchev–Trinajstić information content (AvgIpc) is 2.84. The summed E-state index contributed by atoms with van der Waals surface area (Å²) in [6.07, 6.45) is 3.61. The Morgan fingerprint density at radius 2 is 2.16 bits per heavy atom. The Hall–Kier alpha value is -2.22. The van der Waals surface area contributed by atoms with Crippen molar-refractivity contribution in [2.45, 2.75) is 4.90 Å². The van der Waals surface area contributed by atoms with Gasteiger partial charge in [0.15, 0.2) is 9.84 Å². The van der Waals surface area contributed by atoms with Crippen molar-refractivity contribution in [3.05, 3.63) is 42.0 Å². The molecule has 1 aromatic heterocycles. The van der Waals surface area contributed by atoms with E-state index in [2.05, 4.69) is 15.5 Å². The monoisotopic (exact) mass is 283 g/mol. The first kappa shape index (κ1) is 13.2. The standard InChI is InChI=1S/C11H10FN3O3S/c1-19(17,18)8-2-3-9(12)10(4-8)15-11(16)7-5-13-14-6-7/h2-6H,1H3,(H,13,14)(H,15,16). The number of halogens is 1. The molecule has 1 aromatic carbocycles. The van der Waals surface area contributed by atoms with Gasteiger partial charge in [0.25, 0.3) is 5.91 Å². The number of nitrogens with one attached hydrogen (secondary N) is 2. The second-order valence-corrected chi connectivity index (χ2v) is 5.87. The summed E-state index contributed by atoms with van der Waals surface area (Å²) in [5, 5.41) is 8.32. The maximum atomic E-state index is 13.5. The van der Waals surface area contributed by atoms with Gasteiger partial charge < -0.3 is 5.32 Å². The minimum atomic E-state index is -3.47. The summed E-state index contributed by atoms with van der Waals surface area (Å²) in [6, 6.07) is 3.20. The number of H-pyrrole nitrogens is 1. The molecule has 0 fully saturated rings. The van der Waals surface area contributed by atoms with Crippen LogP contribution in [0.15, 0.2) is 35.5 Å². The molecule has 0 spiro atoms. The van der Waals surface area contributed by atoms with Crippen LogP contribution in [0, 0.1) is 5.82 Å². The predicted octanol–water partition coefficient (Wildman–Crippen LogP) is 1.20. The van der Waals surface area contributed by atoms with Gasteiger partial charge in [0.05, 0.1) is 22.3 Å². The summed E-state index contributed by atoms with van der Waals surface area (Å²) in [5.74, 6) is -1.30. The van der Waals surface area contributed by atoms with Crippen molar-refractivity contribution in [2.75, 3.05) is 11.6 Å². The molecule has 0 aliphatic rings. The third-order valence-corrected chi connectivity index (χ3v) is 3.48. The fraction of sp³-hybridized carbons (Fsp3) is 0.0909. The lowest BCUT2D eigenvalue weighted by Gasteiger charge is -2.07. The van der Waals surface area contributed by atoms with Gasteiger partial charge >= 0.3 is 0 Å². The van der Waals surface area contributed by atoms with Gasteiger partial charge in [-0.25, -0.2) is 12.8 Å². The van der Waals surface area contributed by atoms with Crippen LogP contribution in [0.5, 0.6) is 0 Å². The lowest BCUT2D eigenvalue weighted by atomic mass is 10.2. The summed E-state index contributed by atoms with van der Waals surface area (Å²) in [5.41, 5.74) is 0.0123. The lowest BCUT2D eigenvalue weighted by Crippen LogP contribution is -2.13. The Kier molecular flexibility index (Phi) is 3.34. The highest BCUT2D eigenvalue weighted by atomic mass is 32.2. The van der Waals surface area contributed by atoms with Crippen molar-refractivity contribution in [3.63, 3.8) is 0 Å². The molecular formula is C11H10FN3O3S. The zero-order chi connectivity index (χ0) is 14.0. The average molecular weight is 283 g/mol. The minimum absolute atomic E-state index is 0.0728. The first-order valence-corrected chi connectivity index (χ1v) is 7.07. The van der Waals surface area contributed by atoms with Crippen molar-refractivity contribution in [1.29, 1.82) is 0 Å². The van der Waals surface area contributed by atoms with Crippen LogP contribution in [0.3, 0.4) is 0 Å². The van der Waals surface area contributed by atoms with Crippen molar-refractivity contribution in [2.24, 2.45) is 0 Å². The van der Waals surface area contributed by atoms with Crippen molar-refractivity contribution < 1.29 is 17.6 Å². The second-order valence-electron chi connectivity index (χ2n) is 3.85. The van der Waals surface area contributed by atoms with Crippen molar-refractivity contribution in [3.8, 4) is 0 Å². The van der Waals surface area contributed by atoms with Crippen LogP contribution in [0.1, 0.15) is 10.4 Å². The van der Waals surface area contributed by atoms with E-state index in [1.54, 1.807) is 0 Å². The van der Waals surface area contributed by atoms with Crippen LogP contribution in [-0.2, 0) is 9.84 Å². The van der Waals surface area contributed by atoms with Gasteiger partial charge in [-0.1, -0.05) is 0 Å². The molecule has 0 radical (unpaired) electrons. The number of anilines is 1. The number of carbonyl (C=O) groups is 1. The van der Waals surface area contributed by atoms with Gasteiger partial charge in [-0.05, 0) is 18.2 Å². The van der Waals surface area contributed by atoms with Crippen LogP contribution in [-0.4, -0.2) is 30.8 Å². The molecule has 0 saturated heterocycles. The molecule has 19 heavy (non-hydrogen) atoms. The lowest BCUT2D eigenvalue weighted by molar-refractivity contribution is 0.102. The van der Waals surface area contributed by atoms with Crippen LogP contribution in [0.4, 0.5) is 10.1 Å². The van der Waals surface area contributed by atoms with E-state index >= 15 is 0 Å². The molecule has 8 heteroatoms. The molecule has 6 nitrogen and oxygen atoms in total. The van der Waals surface area contributed by atoms with E-state index < -0.39 is 21.6 Å². The SMILES string of the molecule is CS(=O)(=O)c1ccc(F)c(NC(=O)c2cn[nH]c2)c1. The Balaban J connectivity index is 2.32. The molecular weight excluding hydrogens is 273 g/mol. The number of amides is 1. The van der Waals surface area contributed by atoms with E-state index in [9.17, 15) is 17.6 Å². The molecule has 2 N–H and O–H groups in total. The summed E-state index contributed by atoms with van der Waals surface area (Å²) >= 11 is 0. The van der Waals surface area contributed by atoms with E-state index in [1.165, 1.54) is 12.4 Å². The number of hydrogen-bond donors (Lipinski definition) is 2. The molecule has 1 heterocycles. The molecule has 0 aliphatic heterocycles. The molecule has 0 unspecified atom stereocenters. The molecule has 0 atom stereocenters. The fourth-order valence-corrected chi connectivity index (χ4v) is 2.05. The highest BCUT2D eigenvalue weighted by Crippen LogP contribution is 2.20. The van der Waals surface area contributed by atoms with E-state index in [1.807, 2.05) is 0 Å². The number of sulfone groups is 1. The number of carbonyl (C=O) groups excluding carboxylic acids is 1. The number of aromatic nitrogens is 2. The summed E-state index contributed by atoms with van der Waals surface area (Å²) in [6.45, 7) is 0. The largest absolute Gasteiger partial charge is 0.319 e. The smallest absolute Gasteiger partial charge is 0.258 e. The number of hydrogen-bond acceptors (Lipinski definition) is 4. The van der Waals surface area contributed by atoms with Crippen LogP contribution in [0.2, 0.25) is 0 Å². The molecule has 1 amide bonds. The number of benzene rings is 1. The van der Waals surface area contributed by atoms with Gasteiger partial charge in [0.1, 0.15) is 5.82 Å². The van der Waals surface area contributed by atoms with Gasteiger partial charge in [0.2, 0.25) is 0 Å². The molecule has 0 aliphatic carbocycles. The Morgan fingerprint density at radius 1 is 1.42 bits per heavy atom. The first-order valence-electron chi connectivity index (χ1n) is 5.17. The summed E-state index contributed by atoms with van der Waals surface area (Å²) in [4.78, 5) is 11.6. The third kappa shape index (κ3) is 2.97. The summed E-state index contributed by atoms with van der Waals surface area (Å²) in [7, 11) is -3.47. The molecule has 2 rings (SSSR count). The van der Waals surface area contributed by atoms with Gasteiger partial charge in [0, 0.05) is 12.5 Å². The first-order chi connectivity index (χ1) is 8.88. The normalized spacial score (nSPS) is 11.3. The van der Waals surface area contributed by atoms with Gasteiger partial charge in [-0.2, -0.15) is 5.10 Å². The Bertz CT molecular complexity index is 711. The van der Waals surface area contributed by atoms with E-state index in [4.69, 9.17) is 0 Å². The van der Waals surface area contributed by atoms with E-state index in [0.717, 1.165) is 24.5 Å². The number of aromatic amines is 1. The van der Waals surface area contributed by atoms with Crippen LogP contribution >= 0.6 is 0 Å². The highest BCUT2D eigenvalue weighted by molar-refractivity contribution is 7.90. The Morgan fingerprint density at radius 3 is 2.74 bits per heavy atom. The topological polar surface area (TPSA) is 91.9 Å². The van der Waals surface area contributed by atoms with E-state index in [0.29, 0.717) is 0 Å². The molecule has 100 valence electrons. The second kappa shape index (κ2) is 4.81. The van der Waals surface area contributed by atoms with Crippen molar-refractivity contribution in [1.82, 2.24) is 10.2 Å². The van der Waals surface area contributed by atoms with E-state index in [-0.39, 0.29) is 16.1 Å². The van der Waals surface area contributed by atoms with Crippen LogP contribution < -0.4 is 5.32 Å². The zero-order valence-electron chi connectivity index (χ0n) is 9.84. The third-order valence-electron chi connectivity index (χ3n) is 2.37. The number of rotatable bonds is 3. The molecule has 0 saturated carbocycles. The Labute approximate surface area is 108 Å². The quantitative estimate of drug-likeness (QED) is 0.828. The maximum absolute atomic E-state index is 13.5. The summed E-state index contributed by atoms with van der Waals surface area (Å²) < 4.78 is 36.2. The van der Waals surface area contributed by atoms with Gasteiger partial charge in [-0.3, -0.25) is 9.89 Å². The number of nitrogens with zero attached hydrogens (tertiary/aromatic N) is 1. The minimum Gasteiger partial charge on any atom is -0.319 e. The predicted molar refractivity (Wildman–Crippen MR) is 66.1 cm³/mol. The highest BCUT2D eigenvalue weighted by Gasteiger charge is 2.14.